The minimum atomic E-state index is -3.77. The number of alkyl halides is 2. The monoisotopic (exact) mass is 550 g/mol. The van der Waals surface area contributed by atoms with Gasteiger partial charge in [-0.15, -0.1) is 0 Å². The molecule has 3 heterocycles. The molecular weight excluding hydrogens is 518 g/mol. The number of hydrogen-bond donors (Lipinski definition) is 3. The lowest BCUT2D eigenvalue weighted by Crippen LogP contribution is -2.50. The second-order valence-corrected chi connectivity index (χ2v) is 12.3. The van der Waals surface area contributed by atoms with Crippen molar-refractivity contribution in [2.24, 2.45) is 10.9 Å². The summed E-state index contributed by atoms with van der Waals surface area (Å²) in [5, 5.41) is 23.7. The van der Waals surface area contributed by atoms with Gasteiger partial charge in [-0.2, -0.15) is 4.31 Å². The van der Waals surface area contributed by atoms with Crippen molar-refractivity contribution in [2.45, 2.75) is 62.6 Å². The first kappa shape index (κ1) is 26.9. The number of halogens is 2. The highest BCUT2D eigenvalue weighted by atomic mass is 32.2. The number of carbonyl (C=O) groups is 1. The minimum Gasteiger partial charge on any atom is -0.394 e. The molecule has 1 spiro atoms. The Morgan fingerprint density at radius 3 is 2.55 bits per heavy atom. The summed E-state index contributed by atoms with van der Waals surface area (Å²) in [6, 6.07) is 7.28. The molecular formula is C26H32F2N4O5S. The van der Waals surface area contributed by atoms with E-state index in [1.807, 2.05) is 12.1 Å². The third-order valence-corrected chi connectivity index (χ3v) is 9.46. The maximum Gasteiger partial charge on any atom is 0.253 e. The molecule has 1 saturated carbocycles. The van der Waals surface area contributed by atoms with E-state index in [2.05, 4.69) is 10.3 Å². The molecule has 2 aromatic rings. The van der Waals surface area contributed by atoms with E-state index in [0.717, 1.165) is 16.3 Å². The summed E-state index contributed by atoms with van der Waals surface area (Å²) in [7, 11) is -3.77. The Balaban J connectivity index is 1.26. The van der Waals surface area contributed by atoms with Crippen molar-refractivity contribution in [1.82, 2.24) is 14.2 Å². The molecule has 38 heavy (non-hydrogen) atoms. The standard InChI is InChI=1S/C26H32F2N4O5S/c27-26(28)8-4-19(5-9-26)23-29-24(35)25(30-23)10-13-32(14-11-25)38(36,37)15-7-18-2-1-3-22-21(18)6-12-31(22)16-20(34)17-33/h1-3,6-7,12,15,19-20,33-34H,4-5,8-11,13-14,16-17H2,(H,29,30,35)/b15-7+/t20-/m0/s1. The highest BCUT2D eigenvalue weighted by molar-refractivity contribution is 7.92. The van der Waals surface area contributed by atoms with Gasteiger partial charge in [0.25, 0.3) is 5.91 Å². The van der Waals surface area contributed by atoms with E-state index in [0.29, 0.717) is 11.4 Å². The Bertz CT molecular complexity index is 1370. The fraction of sp³-hybridized carbons (Fsp3) is 0.538. The van der Waals surface area contributed by atoms with Crippen LogP contribution >= 0.6 is 0 Å². The Morgan fingerprint density at radius 1 is 1.16 bits per heavy atom. The lowest BCUT2D eigenvalue weighted by molar-refractivity contribution is -0.125. The Kier molecular flexibility index (Phi) is 7.18. The van der Waals surface area contributed by atoms with E-state index in [1.54, 1.807) is 22.9 Å². The number of benzene rings is 1. The van der Waals surface area contributed by atoms with Crippen LogP contribution in [0.15, 0.2) is 40.9 Å². The Morgan fingerprint density at radius 2 is 1.87 bits per heavy atom. The van der Waals surface area contributed by atoms with Gasteiger partial charge in [-0.05, 0) is 49.5 Å². The molecule has 206 valence electrons. The molecule has 0 unspecified atom stereocenters. The number of aromatic nitrogens is 1. The summed E-state index contributed by atoms with van der Waals surface area (Å²) < 4.78 is 56.4. The molecule has 1 aromatic carbocycles. The summed E-state index contributed by atoms with van der Waals surface area (Å²) in [6.45, 7) is 0.104. The lowest BCUT2D eigenvalue weighted by Gasteiger charge is -2.34. The van der Waals surface area contributed by atoms with Crippen LogP contribution < -0.4 is 5.32 Å². The van der Waals surface area contributed by atoms with Gasteiger partial charge in [0.1, 0.15) is 11.4 Å². The third kappa shape index (κ3) is 5.27. The minimum absolute atomic E-state index is 0.124. The van der Waals surface area contributed by atoms with Crippen molar-refractivity contribution in [2.75, 3.05) is 19.7 Å². The number of aliphatic imine (C=N–C) groups is 1. The predicted octanol–water partition coefficient (Wildman–Crippen LogP) is 2.48. The number of nitrogens with one attached hydrogen (secondary N) is 1. The number of amidine groups is 1. The second-order valence-electron chi connectivity index (χ2n) is 10.4. The summed E-state index contributed by atoms with van der Waals surface area (Å²) >= 11 is 0. The maximum absolute atomic E-state index is 13.5. The van der Waals surface area contributed by atoms with Crippen molar-refractivity contribution in [3.63, 3.8) is 0 Å². The molecule has 2 aliphatic heterocycles. The van der Waals surface area contributed by atoms with Gasteiger partial charge in [-0.3, -0.25) is 9.79 Å². The largest absolute Gasteiger partial charge is 0.394 e. The molecule has 9 nitrogen and oxygen atoms in total. The van der Waals surface area contributed by atoms with E-state index < -0.39 is 27.6 Å². The van der Waals surface area contributed by atoms with E-state index in [-0.39, 0.29) is 76.6 Å². The molecule has 0 radical (unpaired) electrons. The number of aliphatic hydroxyl groups excluding tert-OH is 2. The van der Waals surface area contributed by atoms with Gasteiger partial charge in [-0.25, -0.2) is 17.2 Å². The molecule has 1 saturated heterocycles. The number of rotatable bonds is 7. The lowest BCUT2D eigenvalue weighted by atomic mass is 9.86. The van der Waals surface area contributed by atoms with Crippen molar-refractivity contribution in [3.8, 4) is 0 Å². The molecule has 3 N–H and O–H groups in total. The van der Waals surface area contributed by atoms with E-state index >= 15 is 0 Å². The van der Waals surface area contributed by atoms with Gasteiger partial charge in [0.2, 0.25) is 15.9 Å². The van der Waals surface area contributed by atoms with E-state index in [9.17, 15) is 27.1 Å². The highest BCUT2D eigenvalue weighted by Crippen LogP contribution is 2.39. The average Bonchev–Trinajstić information content (AvgIpc) is 3.44. The highest BCUT2D eigenvalue weighted by Gasteiger charge is 2.49. The number of fused-ring (bicyclic) bond motifs is 1. The zero-order chi connectivity index (χ0) is 27.1. The number of carbonyl (C=O) groups excluding carboxylic acids is 1. The van der Waals surface area contributed by atoms with Gasteiger partial charge in [0.05, 0.1) is 19.3 Å². The van der Waals surface area contributed by atoms with Crippen molar-refractivity contribution in [1.29, 1.82) is 0 Å². The van der Waals surface area contributed by atoms with Crippen LogP contribution in [0, 0.1) is 5.92 Å². The quantitative estimate of drug-likeness (QED) is 0.489. The SMILES string of the molecule is O=C1NC(C2CCC(F)(F)CC2)=NC12CCN(S(=O)(=O)/C=C/c1cccc3c1ccn3C[C@H](O)CO)CC2. The van der Waals surface area contributed by atoms with Crippen molar-refractivity contribution < 1.29 is 32.2 Å². The number of piperidine rings is 1. The first-order valence-electron chi connectivity index (χ1n) is 12.9. The van der Waals surface area contributed by atoms with Crippen LogP contribution in [0.2, 0.25) is 0 Å². The van der Waals surface area contributed by atoms with Crippen LogP contribution in [-0.2, 0) is 21.4 Å². The molecule has 1 aliphatic carbocycles. The molecule has 0 bridgehead atoms. The van der Waals surface area contributed by atoms with Crippen LogP contribution in [0.25, 0.3) is 17.0 Å². The first-order valence-corrected chi connectivity index (χ1v) is 14.4. The topological polar surface area (TPSA) is 124 Å². The van der Waals surface area contributed by atoms with Gasteiger partial charge in [-0.1, -0.05) is 12.1 Å². The first-order chi connectivity index (χ1) is 18.0. The predicted molar refractivity (Wildman–Crippen MR) is 139 cm³/mol. The van der Waals surface area contributed by atoms with Crippen LogP contribution in [-0.4, -0.2) is 76.5 Å². The van der Waals surface area contributed by atoms with Crippen molar-refractivity contribution in [3.05, 3.63) is 41.4 Å². The second kappa shape index (κ2) is 10.1. The van der Waals surface area contributed by atoms with Gasteiger partial charge < -0.3 is 20.1 Å². The normalized spacial score (nSPS) is 23.3. The van der Waals surface area contributed by atoms with Gasteiger partial charge in [0, 0.05) is 54.4 Å². The van der Waals surface area contributed by atoms with Crippen molar-refractivity contribution >= 4 is 38.7 Å². The van der Waals surface area contributed by atoms with Gasteiger partial charge >= 0.3 is 0 Å². The summed E-state index contributed by atoms with van der Waals surface area (Å²) in [5.74, 6) is -2.68. The number of sulfonamides is 1. The summed E-state index contributed by atoms with van der Waals surface area (Å²) in [6.07, 6.45) is 2.96. The van der Waals surface area contributed by atoms with Crippen LogP contribution in [0.4, 0.5) is 8.78 Å². The Hall–Kier alpha value is -2.67. The van der Waals surface area contributed by atoms with Gasteiger partial charge in [0.15, 0.2) is 0 Å². The fourth-order valence-corrected chi connectivity index (χ4v) is 6.76. The molecule has 12 heteroatoms. The number of hydrogen-bond acceptors (Lipinski definition) is 6. The van der Waals surface area contributed by atoms with Crippen LogP contribution in [0.1, 0.15) is 44.1 Å². The maximum atomic E-state index is 13.5. The molecule has 1 atom stereocenters. The number of aliphatic hydroxyl groups is 2. The Labute approximate surface area is 219 Å². The van der Waals surface area contributed by atoms with E-state index in [1.165, 1.54) is 10.4 Å². The third-order valence-electron chi connectivity index (χ3n) is 7.90. The zero-order valence-corrected chi connectivity index (χ0v) is 21.7. The summed E-state index contributed by atoms with van der Waals surface area (Å²) in [5.41, 5.74) is 0.456. The zero-order valence-electron chi connectivity index (χ0n) is 20.9. The average molecular weight is 551 g/mol. The number of amides is 1. The molecule has 1 amide bonds. The summed E-state index contributed by atoms with van der Waals surface area (Å²) in [4.78, 5) is 17.5. The molecule has 5 rings (SSSR count). The van der Waals surface area contributed by atoms with Crippen LogP contribution in [0.3, 0.4) is 0 Å². The molecule has 3 aliphatic rings. The molecule has 2 fully saturated rings. The van der Waals surface area contributed by atoms with E-state index in [4.69, 9.17) is 5.11 Å². The van der Waals surface area contributed by atoms with Crippen LogP contribution in [0.5, 0.6) is 0 Å². The smallest absolute Gasteiger partial charge is 0.253 e. The number of nitrogens with zero attached hydrogens (tertiary/aromatic N) is 3. The fourth-order valence-electron chi connectivity index (χ4n) is 5.58. The molecule has 1 aromatic heterocycles.